The summed E-state index contributed by atoms with van der Waals surface area (Å²) in [6.45, 7) is 4.23. The van der Waals surface area contributed by atoms with Crippen LogP contribution in [0.25, 0.3) is 0 Å². The number of aliphatic hydroxyl groups is 1. The summed E-state index contributed by atoms with van der Waals surface area (Å²) in [5.41, 5.74) is 0.533. The molecule has 1 aliphatic rings. The fourth-order valence-electron chi connectivity index (χ4n) is 3.01. The summed E-state index contributed by atoms with van der Waals surface area (Å²) < 4.78 is 19.5. The van der Waals surface area contributed by atoms with Gasteiger partial charge in [-0.05, 0) is 43.2 Å². The van der Waals surface area contributed by atoms with Crippen molar-refractivity contribution < 1.29 is 14.2 Å². The zero-order chi connectivity index (χ0) is 14.5. The van der Waals surface area contributed by atoms with Crippen LogP contribution in [-0.2, 0) is 0 Å². The maximum atomic E-state index is 13.6. The molecule has 0 aliphatic heterocycles. The number of hydrogen-bond donors (Lipinski definition) is 1. The predicted molar refractivity (Wildman–Crippen MR) is 77.0 cm³/mol. The lowest BCUT2D eigenvalue weighted by Crippen LogP contribution is -2.28. The Balaban J connectivity index is 2.10. The first kappa shape index (κ1) is 14.9. The Morgan fingerprint density at radius 3 is 2.55 bits per heavy atom. The van der Waals surface area contributed by atoms with Crippen molar-refractivity contribution in [3.05, 3.63) is 29.6 Å². The molecule has 2 nitrogen and oxygen atoms in total. The lowest BCUT2D eigenvalue weighted by molar-refractivity contribution is 0.101. The number of rotatable bonds is 2. The molecule has 1 aromatic carbocycles. The second-order valence-corrected chi connectivity index (χ2v) is 5.79. The van der Waals surface area contributed by atoms with Gasteiger partial charge in [0.15, 0.2) is 0 Å². The molecule has 20 heavy (non-hydrogen) atoms. The molecule has 0 heterocycles. The summed E-state index contributed by atoms with van der Waals surface area (Å²) in [5.74, 6) is 6.69. The van der Waals surface area contributed by atoms with Crippen LogP contribution in [0, 0.1) is 29.5 Å². The van der Waals surface area contributed by atoms with Crippen molar-refractivity contribution in [3.8, 4) is 17.6 Å². The van der Waals surface area contributed by atoms with Gasteiger partial charge in [-0.1, -0.05) is 25.7 Å². The summed E-state index contributed by atoms with van der Waals surface area (Å²) in [6, 6.07) is 4.48. The summed E-state index contributed by atoms with van der Waals surface area (Å²) in [6.07, 6.45) is 3.40. The zero-order valence-corrected chi connectivity index (χ0v) is 12.0. The molecule has 0 bridgehead atoms. The van der Waals surface area contributed by atoms with Gasteiger partial charge in [0.1, 0.15) is 18.2 Å². The summed E-state index contributed by atoms with van der Waals surface area (Å²) in [4.78, 5) is 0. The highest BCUT2D eigenvalue weighted by molar-refractivity contribution is 5.40. The highest BCUT2D eigenvalue weighted by atomic mass is 19.1. The number of ether oxygens (including phenoxy) is 1. The Morgan fingerprint density at radius 1 is 1.20 bits per heavy atom. The van der Waals surface area contributed by atoms with Crippen LogP contribution in [0.2, 0.25) is 0 Å². The average molecular weight is 276 g/mol. The molecule has 2 rings (SSSR count). The monoisotopic (exact) mass is 276 g/mol. The highest BCUT2D eigenvalue weighted by Crippen LogP contribution is 2.31. The Hall–Kier alpha value is -1.53. The SMILES string of the molecule is CC1CC(C)CC(Oc2cc(F)cc(C#CCO)c2)C1. The van der Waals surface area contributed by atoms with Gasteiger partial charge >= 0.3 is 0 Å². The Kier molecular flexibility index (Phi) is 5.03. The van der Waals surface area contributed by atoms with E-state index in [9.17, 15) is 4.39 Å². The van der Waals surface area contributed by atoms with Gasteiger partial charge in [0.05, 0.1) is 6.10 Å². The fraction of sp³-hybridized carbons (Fsp3) is 0.529. The van der Waals surface area contributed by atoms with Crippen molar-refractivity contribution in [3.63, 3.8) is 0 Å². The van der Waals surface area contributed by atoms with Crippen LogP contribution >= 0.6 is 0 Å². The van der Waals surface area contributed by atoms with Crippen LogP contribution in [-0.4, -0.2) is 17.8 Å². The van der Waals surface area contributed by atoms with Gasteiger partial charge in [-0.25, -0.2) is 4.39 Å². The van der Waals surface area contributed by atoms with E-state index in [-0.39, 0.29) is 18.5 Å². The van der Waals surface area contributed by atoms with E-state index >= 15 is 0 Å². The number of hydrogen-bond acceptors (Lipinski definition) is 2. The molecule has 1 saturated carbocycles. The van der Waals surface area contributed by atoms with Crippen molar-refractivity contribution in [2.75, 3.05) is 6.61 Å². The Bertz CT molecular complexity index is 505. The maximum Gasteiger partial charge on any atom is 0.128 e. The average Bonchev–Trinajstić information content (AvgIpc) is 2.34. The van der Waals surface area contributed by atoms with Gasteiger partial charge in [0.2, 0.25) is 0 Å². The van der Waals surface area contributed by atoms with Crippen molar-refractivity contribution in [1.29, 1.82) is 0 Å². The highest BCUT2D eigenvalue weighted by Gasteiger charge is 2.25. The molecule has 1 fully saturated rings. The van der Waals surface area contributed by atoms with E-state index in [2.05, 4.69) is 25.7 Å². The molecule has 0 aromatic heterocycles. The van der Waals surface area contributed by atoms with Gasteiger partial charge in [-0.3, -0.25) is 0 Å². The van der Waals surface area contributed by atoms with E-state index in [1.54, 1.807) is 6.07 Å². The van der Waals surface area contributed by atoms with E-state index < -0.39 is 0 Å². The minimum absolute atomic E-state index is 0.147. The van der Waals surface area contributed by atoms with Crippen LogP contribution in [0.4, 0.5) is 4.39 Å². The smallest absolute Gasteiger partial charge is 0.128 e. The molecular weight excluding hydrogens is 255 g/mol. The quantitative estimate of drug-likeness (QED) is 0.839. The van der Waals surface area contributed by atoms with Crippen LogP contribution in [0.3, 0.4) is 0 Å². The zero-order valence-electron chi connectivity index (χ0n) is 12.0. The molecule has 0 radical (unpaired) electrons. The Morgan fingerprint density at radius 2 is 1.90 bits per heavy atom. The molecule has 0 saturated heterocycles. The molecule has 0 spiro atoms. The Labute approximate surface area is 120 Å². The van der Waals surface area contributed by atoms with Crippen LogP contribution in [0.15, 0.2) is 18.2 Å². The molecule has 2 unspecified atom stereocenters. The molecule has 0 amide bonds. The van der Waals surface area contributed by atoms with E-state index in [1.165, 1.54) is 18.6 Å². The third-order valence-electron chi connectivity index (χ3n) is 3.62. The molecule has 2 atom stereocenters. The van der Waals surface area contributed by atoms with E-state index in [1.807, 2.05) is 0 Å². The molecule has 1 N–H and O–H groups in total. The lowest BCUT2D eigenvalue weighted by Gasteiger charge is -2.31. The molecular formula is C17H21FO2. The van der Waals surface area contributed by atoms with E-state index in [4.69, 9.17) is 9.84 Å². The van der Waals surface area contributed by atoms with Crippen LogP contribution < -0.4 is 4.74 Å². The maximum absolute atomic E-state index is 13.6. The van der Waals surface area contributed by atoms with Crippen LogP contribution in [0.5, 0.6) is 5.75 Å². The number of benzene rings is 1. The standard InChI is InChI=1S/C17H21FO2/c1-12-6-13(2)8-16(7-12)20-17-10-14(4-3-5-19)9-15(18)11-17/h9-13,16,19H,5-8H2,1-2H3. The molecule has 108 valence electrons. The van der Waals surface area contributed by atoms with Crippen molar-refractivity contribution in [2.24, 2.45) is 11.8 Å². The second kappa shape index (κ2) is 6.76. The van der Waals surface area contributed by atoms with E-state index in [0.29, 0.717) is 23.1 Å². The van der Waals surface area contributed by atoms with Crippen molar-refractivity contribution in [2.45, 2.75) is 39.2 Å². The first-order chi connectivity index (χ1) is 9.56. The molecule has 1 aromatic rings. The third kappa shape index (κ3) is 4.25. The number of halogens is 1. The number of aliphatic hydroxyl groups excluding tert-OH is 1. The summed E-state index contributed by atoms with van der Waals surface area (Å²) in [5, 5.41) is 8.69. The minimum Gasteiger partial charge on any atom is -0.490 e. The summed E-state index contributed by atoms with van der Waals surface area (Å²) in [7, 11) is 0. The minimum atomic E-state index is -0.360. The molecule has 3 heteroatoms. The van der Waals surface area contributed by atoms with Gasteiger partial charge < -0.3 is 9.84 Å². The van der Waals surface area contributed by atoms with Gasteiger partial charge in [-0.15, -0.1) is 0 Å². The first-order valence-corrected chi connectivity index (χ1v) is 7.13. The summed E-state index contributed by atoms with van der Waals surface area (Å²) >= 11 is 0. The van der Waals surface area contributed by atoms with Gasteiger partial charge in [0, 0.05) is 11.6 Å². The van der Waals surface area contributed by atoms with Gasteiger partial charge in [0.25, 0.3) is 0 Å². The van der Waals surface area contributed by atoms with Crippen molar-refractivity contribution >= 4 is 0 Å². The fourth-order valence-corrected chi connectivity index (χ4v) is 3.01. The van der Waals surface area contributed by atoms with Gasteiger partial charge in [-0.2, -0.15) is 0 Å². The first-order valence-electron chi connectivity index (χ1n) is 7.13. The lowest BCUT2D eigenvalue weighted by atomic mass is 9.82. The third-order valence-corrected chi connectivity index (χ3v) is 3.62. The largest absolute Gasteiger partial charge is 0.490 e. The van der Waals surface area contributed by atoms with Crippen LogP contribution in [0.1, 0.15) is 38.7 Å². The topological polar surface area (TPSA) is 29.5 Å². The second-order valence-electron chi connectivity index (χ2n) is 5.79. The normalized spacial score (nSPS) is 25.7. The molecule has 1 aliphatic carbocycles. The van der Waals surface area contributed by atoms with Crippen molar-refractivity contribution in [1.82, 2.24) is 0 Å². The predicted octanol–water partition coefficient (Wildman–Crippen LogP) is 3.37. The van der Waals surface area contributed by atoms with E-state index in [0.717, 1.165) is 12.8 Å².